The summed E-state index contributed by atoms with van der Waals surface area (Å²) in [7, 11) is 1.82. The molecule has 0 saturated heterocycles. The zero-order valence-corrected chi connectivity index (χ0v) is 9.76. The van der Waals surface area contributed by atoms with Crippen molar-refractivity contribution in [3.8, 4) is 10.6 Å². The number of aromatic nitrogens is 3. The third-order valence-corrected chi connectivity index (χ3v) is 3.36. The van der Waals surface area contributed by atoms with Gasteiger partial charge in [0.05, 0.1) is 4.88 Å². The SMILES string of the molecule is CNc1ncnnc1-c1cc(Br)cs1. The number of rotatable bonds is 2. The van der Waals surface area contributed by atoms with E-state index in [2.05, 4.69) is 36.4 Å². The Morgan fingerprint density at radius 2 is 2.36 bits per heavy atom. The van der Waals surface area contributed by atoms with Gasteiger partial charge in [-0.25, -0.2) is 4.98 Å². The number of halogens is 1. The average Bonchev–Trinajstić information content (AvgIpc) is 2.65. The molecule has 0 aromatic carbocycles. The second kappa shape index (κ2) is 4.02. The third-order valence-electron chi connectivity index (χ3n) is 1.66. The van der Waals surface area contributed by atoms with Gasteiger partial charge < -0.3 is 5.32 Å². The zero-order valence-electron chi connectivity index (χ0n) is 7.36. The molecule has 72 valence electrons. The van der Waals surface area contributed by atoms with E-state index in [1.807, 2.05) is 18.5 Å². The summed E-state index contributed by atoms with van der Waals surface area (Å²) in [4.78, 5) is 5.13. The Kier molecular flexibility index (Phi) is 2.74. The Hall–Kier alpha value is -1.01. The molecular formula is C8H7BrN4S. The van der Waals surface area contributed by atoms with Crippen LogP contribution in [0.5, 0.6) is 0 Å². The fraction of sp³-hybridized carbons (Fsp3) is 0.125. The maximum Gasteiger partial charge on any atom is 0.157 e. The van der Waals surface area contributed by atoms with Crippen LogP contribution in [0.1, 0.15) is 0 Å². The van der Waals surface area contributed by atoms with Gasteiger partial charge in [0.25, 0.3) is 0 Å². The number of thiophene rings is 1. The van der Waals surface area contributed by atoms with Gasteiger partial charge in [-0.05, 0) is 22.0 Å². The first-order valence-corrected chi connectivity index (χ1v) is 5.58. The molecule has 2 heterocycles. The molecule has 0 fully saturated rings. The highest BCUT2D eigenvalue weighted by Gasteiger charge is 2.09. The van der Waals surface area contributed by atoms with E-state index in [4.69, 9.17) is 0 Å². The monoisotopic (exact) mass is 270 g/mol. The van der Waals surface area contributed by atoms with Crippen molar-refractivity contribution < 1.29 is 0 Å². The first kappa shape index (κ1) is 9.54. The van der Waals surface area contributed by atoms with E-state index in [-0.39, 0.29) is 0 Å². The standard InChI is InChI=1S/C8H7BrN4S/c1-10-8-7(13-12-4-11-8)6-2-5(9)3-14-6/h2-4H,1H3,(H,10,11,12). The van der Waals surface area contributed by atoms with Crippen LogP contribution in [0, 0.1) is 0 Å². The van der Waals surface area contributed by atoms with Crippen LogP contribution in [0.2, 0.25) is 0 Å². The maximum absolute atomic E-state index is 4.09. The van der Waals surface area contributed by atoms with Crippen molar-refractivity contribution >= 4 is 33.1 Å². The van der Waals surface area contributed by atoms with Gasteiger partial charge in [-0.15, -0.1) is 21.5 Å². The maximum atomic E-state index is 4.09. The van der Waals surface area contributed by atoms with E-state index in [9.17, 15) is 0 Å². The molecule has 0 spiro atoms. The number of nitrogens with zero attached hydrogens (tertiary/aromatic N) is 3. The van der Waals surface area contributed by atoms with Crippen LogP contribution in [-0.2, 0) is 0 Å². The minimum Gasteiger partial charge on any atom is -0.371 e. The summed E-state index contributed by atoms with van der Waals surface area (Å²) in [5.74, 6) is 0.745. The summed E-state index contributed by atoms with van der Waals surface area (Å²) < 4.78 is 1.05. The van der Waals surface area contributed by atoms with Gasteiger partial charge in [-0.1, -0.05) is 0 Å². The molecule has 2 aromatic heterocycles. The second-order valence-corrected chi connectivity index (χ2v) is 4.36. The van der Waals surface area contributed by atoms with Crippen LogP contribution in [0.15, 0.2) is 22.2 Å². The predicted octanol–water partition coefficient (Wildman–Crippen LogP) is 2.40. The Bertz CT molecular complexity index is 442. The summed E-state index contributed by atoms with van der Waals surface area (Å²) in [6.45, 7) is 0. The third kappa shape index (κ3) is 1.76. The van der Waals surface area contributed by atoms with Crippen molar-refractivity contribution in [3.63, 3.8) is 0 Å². The Morgan fingerprint density at radius 3 is 3.00 bits per heavy atom. The van der Waals surface area contributed by atoms with Crippen LogP contribution < -0.4 is 5.32 Å². The van der Waals surface area contributed by atoms with Crippen molar-refractivity contribution in [2.24, 2.45) is 0 Å². The van der Waals surface area contributed by atoms with E-state index in [1.165, 1.54) is 6.33 Å². The minimum atomic E-state index is 0.745. The number of anilines is 1. The number of hydrogen-bond acceptors (Lipinski definition) is 5. The largest absolute Gasteiger partial charge is 0.371 e. The molecule has 6 heteroatoms. The van der Waals surface area contributed by atoms with Crippen molar-refractivity contribution in [2.45, 2.75) is 0 Å². The first-order valence-electron chi connectivity index (χ1n) is 3.91. The summed E-state index contributed by atoms with van der Waals surface area (Å²) in [6, 6.07) is 2.00. The molecule has 0 atom stereocenters. The van der Waals surface area contributed by atoms with Crippen LogP contribution in [0.3, 0.4) is 0 Å². The lowest BCUT2D eigenvalue weighted by atomic mass is 10.3. The molecule has 14 heavy (non-hydrogen) atoms. The summed E-state index contributed by atoms with van der Waals surface area (Å²) >= 11 is 5.00. The van der Waals surface area contributed by atoms with Gasteiger partial charge >= 0.3 is 0 Å². The lowest BCUT2D eigenvalue weighted by molar-refractivity contribution is 0.980. The molecule has 4 nitrogen and oxygen atoms in total. The van der Waals surface area contributed by atoms with Crippen molar-refractivity contribution in [2.75, 3.05) is 12.4 Å². The molecule has 0 radical (unpaired) electrons. The Morgan fingerprint density at radius 1 is 1.50 bits per heavy atom. The van der Waals surface area contributed by atoms with E-state index in [0.29, 0.717) is 0 Å². The molecule has 1 N–H and O–H groups in total. The molecule has 0 saturated carbocycles. The van der Waals surface area contributed by atoms with Gasteiger partial charge in [0, 0.05) is 16.9 Å². The van der Waals surface area contributed by atoms with Crippen LogP contribution >= 0.6 is 27.3 Å². The van der Waals surface area contributed by atoms with E-state index >= 15 is 0 Å². The lowest BCUT2D eigenvalue weighted by Crippen LogP contribution is -1.98. The lowest BCUT2D eigenvalue weighted by Gasteiger charge is -2.01. The summed E-state index contributed by atoms with van der Waals surface area (Å²) in [6.07, 6.45) is 1.43. The van der Waals surface area contributed by atoms with Gasteiger partial charge in [-0.2, -0.15) is 0 Å². The molecule has 0 amide bonds. The molecule has 2 rings (SSSR count). The quantitative estimate of drug-likeness (QED) is 0.911. The van der Waals surface area contributed by atoms with Crippen LogP contribution in [0.4, 0.5) is 5.82 Å². The van der Waals surface area contributed by atoms with Crippen molar-refractivity contribution in [1.82, 2.24) is 15.2 Å². The van der Waals surface area contributed by atoms with E-state index < -0.39 is 0 Å². The molecule has 0 bridgehead atoms. The fourth-order valence-electron chi connectivity index (χ4n) is 1.06. The Labute approximate surface area is 93.5 Å². The molecule has 0 aliphatic carbocycles. The molecule has 2 aromatic rings. The summed E-state index contributed by atoms with van der Waals surface area (Å²) in [5.41, 5.74) is 0.783. The highest BCUT2D eigenvalue weighted by atomic mass is 79.9. The first-order chi connectivity index (χ1) is 6.81. The van der Waals surface area contributed by atoms with Gasteiger partial charge in [0.1, 0.15) is 12.0 Å². The smallest absolute Gasteiger partial charge is 0.157 e. The average molecular weight is 271 g/mol. The second-order valence-electron chi connectivity index (χ2n) is 2.54. The number of nitrogens with one attached hydrogen (secondary N) is 1. The van der Waals surface area contributed by atoms with Gasteiger partial charge in [0.15, 0.2) is 5.82 Å². The minimum absolute atomic E-state index is 0.745. The summed E-state index contributed by atoms with van der Waals surface area (Å²) in [5, 5.41) is 12.8. The molecule has 0 aliphatic rings. The predicted molar refractivity (Wildman–Crippen MR) is 60.4 cm³/mol. The highest BCUT2D eigenvalue weighted by Crippen LogP contribution is 2.31. The highest BCUT2D eigenvalue weighted by molar-refractivity contribution is 9.10. The molecule has 0 aliphatic heterocycles. The zero-order chi connectivity index (χ0) is 9.97. The molecule has 0 unspecified atom stereocenters. The van der Waals surface area contributed by atoms with Crippen LogP contribution in [0.25, 0.3) is 10.6 Å². The normalized spacial score (nSPS) is 10.1. The number of hydrogen-bond donors (Lipinski definition) is 1. The topological polar surface area (TPSA) is 50.7 Å². The van der Waals surface area contributed by atoms with E-state index in [0.717, 1.165) is 20.9 Å². The van der Waals surface area contributed by atoms with Crippen LogP contribution in [-0.4, -0.2) is 22.2 Å². The fourth-order valence-corrected chi connectivity index (χ4v) is 2.47. The molecular weight excluding hydrogens is 264 g/mol. The van der Waals surface area contributed by atoms with E-state index in [1.54, 1.807) is 11.3 Å². The van der Waals surface area contributed by atoms with Gasteiger partial charge in [0.2, 0.25) is 0 Å². The Balaban J connectivity index is 2.50. The van der Waals surface area contributed by atoms with Gasteiger partial charge in [-0.3, -0.25) is 0 Å². The van der Waals surface area contributed by atoms with Crippen molar-refractivity contribution in [3.05, 3.63) is 22.2 Å². The van der Waals surface area contributed by atoms with Crippen molar-refractivity contribution in [1.29, 1.82) is 0 Å².